The molecule has 0 aliphatic heterocycles. The Bertz CT molecular complexity index is 903. The second kappa shape index (κ2) is 9.56. The van der Waals surface area contributed by atoms with Crippen LogP contribution in [-0.4, -0.2) is 38.2 Å². The first-order chi connectivity index (χ1) is 14.0. The summed E-state index contributed by atoms with van der Waals surface area (Å²) in [6, 6.07) is 6.87. The lowest BCUT2D eigenvalue weighted by molar-refractivity contribution is -0.139. The molecule has 0 unspecified atom stereocenters. The van der Waals surface area contributed by atoms with Crippen LogP contribution in [0.15, 0.2) is 24.3 Å². The number of anilines is 1. The fourth-order valence-corrected chi connectivity index (χ4v) is 4.46. The van der Waals surface area contributed by atoms with Gasteiger partial charge in [0, 0.05) is 4.88 Å². The van der Waals surface area contributed by atoms with Crippen molar-refractivity contribution in [1.29, 1.82) is 0 Å². The van der Waals surface area contributed by atoms with Gasteiger partial charge in [0.1, 0.15) is 10.8 Å². The molecule has 0 radical (unpaired) electrons. The second-order valence-electron chi connectivity index (χ2n) is 6.52. The van der Waals surface area contributed by atoms with E-state index >= 15 is 0 Å². The van der Waals surface area contributed by atoms with Crippen molar-refractivity contribution in [2.75, 3.05) is 25.6 Å². The number of benzene rings is 1. The number of ether oxygens (including phenoxy) is 3. The van der Waals surface area contributed by atoms with E-state index in [1.807, 2.05) is 0 Å². The van der Waals surface area contributed by atoms with Crippen molar-refractivity contribution < 1.29 is 28.6 Å². The molecule has 1 heterocycles. The largest absolute Gasteiger partial charge is 0.484 e. The van der Waals surface area contributed by atoms with Crippen molar-refractivity contribution in [3.8, 4) is 5.75 Å². The van der Waals surface area contributed by atoms with Crippen LogP contribution < -0.4 is 10.1 Å². The van der Waals surface area contributed by atoms with Crippen LogP contribution in [0.5, 0.6) is 5.75 Å². The van der Waals surface area contributed by atoms with Crippen LogP contribution in [0.2, 0.25) is 0 Å². The number of thiophene rings is 1. The second-order valence-corrected chi connectivity index (χ2v) is 7.62. The van der Waals surface area contributed by atoms with Gasteiger partial charge >= 0.3 is 11.9 Å². The van der Waals surface area contributed by atoms with Crippen molar-refractivity contribution in [1.82, 2.24) is 0 Å². The molecule has 8 heteroatoms. The monoisotopic (exact) mass is 417 g/mol. The standard InChI is InChI=1S/C21H23NO6S/c1-3-27-21(25)19-15-5-4-6-16(15)29-20(19)22-17(23)12-28-14-9-7-13(8-10-14)11-18(24)26-2/h7-10H,3-6,11-12H2,1-2H3,(H,22,23). The third-order valence-electron chi connectivity index (χ3n) is 4.52. The molecule has 2 aromatic rings. The molecule has 1 aliphatic carbocycles. The van der Waals surface area contributed by atoms with Crippen molar-refractivity contribution >= 4 is 34.2 Å². The summed E-state index contributed by atoms with van der Waals surface area (Å²) in [7, 11) is 1.34. The maximum absolute atomic E-state index is 12.4. The molecule has 0 saturated heterocycles. The number of aryl methyl sites for hydroxylation is 1. The predicted octanol–water partition coefficient (Wildman–Crippen LogP) is 3.15. The van der Waals surface area contributed by atoms with Gasteiger partial charge in [-0.05, 0) is 49.4 Å². The van der Waals surface area contributed by atoms with Crippen LogP contribution in [-0.2, 0) is 38.3 Å². The number of amides is 1. The third kappa shape index (κ3) is 5.14. The summed E-state index contributed by atoms with van der Waals surface area (Å²) in [4.78, 5) is 37.1. The van der Waals surface area contributed by atoms with Crippen molar-refractivity contribution in [2.45, 2.75) is 32.6 Å². The van der Waals surface area contributed by atoms with Gasteiger partial charge in [0.2, 0.25) is 0 Å². The van der Waals surface area contributed by atoms with Gasteiger partial charge in [0.25, 0.3) is 5.91 Å². The average Bonchev–Trinajstić information content (AvgIpc) is 3.28. The van der Waals surface area contributed by atoms with Crippen molar-refractivity contribution in [3.63, 3.8) is 0 Å². The number of fused-ring (bicyclic) bond motifs is 1. The average molecular weight is 417 g/mol. The lowest BCUT2D eigenvalue weighted by atomic mass is 10.1. The van der Waals surface area contributed by atoms with Gasteiger partial charge < -0.3 is 19.5 Å². The van der Waals surface area contributed by atoms with Crippen LogP contribution in [0.1, 0.15) is 39.7 Å². The fraction of sp³-hybridized carbons (Fsp3) is 0.381. The number of hydrogen-bond donors (Lipinski definition) is 1. The molecule has 0 saturated carbocycles. The molecule has 0 fully saturated rings. The quantitative estimate of drug-likeness (QED) is 0.664. The first-order valence-electron chi connectivity index (χ1n) is 9.41. The minimum atomic E-state index is -0.399. The summed E-state index contributed by atoms with van der Waals surface area (Å²) in [5, 5.41) is 3.31. The number of carbonyl (C=O) groups excluding carboxylic acids is 3. The van der Waals surface area contributed by atoms with Gasteiger partial charge in [-0.3, -0.25) is 9.59 Å². The van der Waals surface area contributed by atoms with Crippen LogP contribution in [0.4, 0.5) is 5.00 Å². The summed E-state index contributed by atoms with van der Waals surface area (Å²) in [6.07, 6.45) is 2.93. The molecule has 0 spiro atoms. The number of hydrogen-bond acceptors (Lipinski definition) is 7. The first kappa shape index (κ1) is 20.9. The Balaban J connectivity index is 1.60. The van der Waals surface area contributed by atoms with Gasteiger partial charge in [-0.15, -0.1) is 11.3 Å². The van der Waals surface area contributed by atoms with Gasteiger partial charge in [-0.2, -0.15) is 0 Å². The van der Waals surface area contributed by atoms with E-state index in [-0.39, 0.29) is 31.5 Å². The molecule has 1 aliphatic rings. The summed E-state index contributed by atoms with van der Waals surface area (Å²) in [6.45, 7) is 1.85. The smallest absolute Gasteiger partial charge is 0.341 e. The number of nitrogens with one attached hydrogen (secondary N) is 1. The Hall–Kier alpha value is -2.87. The molecule has 154 valence electrons. The normalized spacial score (nSPS) is 12.2. The molecular formula is C21H23NO6S. The molecule has 7 nitrogen and oxygen atoms in total. The summed E-state index contributed by atoms with van der Waals surface area (Å²) in [5.74, 6) is -0.565. The van der Waals surface area contributed by atoms with Gasteiger partial charge in [0.05, 0.1) is 25.7 Å². The Morgan fingerprint density at radius 2 is 1.90 bits per heavy atom. The van der Waals surface area contributed by atoms with Crippen molar-refractivity contribution in [3.05, 3.63) is 45.8 Å². The Morgan fingerprint density at radius 1 is 1.14 bits per heavy atom. The summed E-state index contributed by atoms with van der Waals surface area (Å²) >= 11 is 1.43. The molecule has 1 aromatic heterocycles. The number of methoxy groups -OCH3 is 1. The van der Waals surface area contributed by atoms with Crippen LogP contribution >= 0.6 is 11.3 Å². The van der Waals surface area contributed by atoms with E-state index in [4.69, 9.17) is 9.47 Å². The van der Waals surface area contributed by atoms with E-state index in [9.17, 15) is 14.4 Å². The Morgan fingerprint density at radius 3 is 2.59 bits per heavy atom. The highest BCUT2D eigenvalue weighted by Gasteiger charge is 2.28. The minimum Gasteiger partial charge on any atom is -0.484 e. The molecule has 1 N–H and O–H groups in total. The highest BCUT2D eigenvalue weighted by atomic mass is 32.1. The van der Waals surface area contributed by atoms with E-state index in [1.165, 1.54) is 18.4 Å². The van der Waals surface area contributed by atoms with E-state index in [0.29, 0.717) is 16.3 Å². The number of esters is 2. The zero-order chi connectivity index (χ0) is 20.8. The molecule has 0 atom stereocenters. The molecule has 1 amide bonds. The predicted molar refractivity (Wildman–Crippen MR) is 109 cm³/mol. The molecule has 0 bridgehead atoms. The van der Waals surface area contributed by atoms with Crippen molar-refractivity contribution in [2.24, 2.45) is 0 Å². The topological polar surface area (TPSA) is 90.9 Å². The van der Waals surface area contributed by atoms with Gasteiger partial charge in [0.15, 0.2) is 6.61 Å². The Labute approximate surface area is 173 Å². The highest BCUT2D eigenvalue weighted by Crippen LogP contribution is 2.39. The summed E-state index contributed by atoms with van der Waals surface area (Å²) in [5.41, 5.74) is 2.26. The third-order valence-corrected chi connectivity index (χ3v) is 5.73. The van der Waals surface area contributed by atoms with E-state index in [0.717, 1.165) is 35.3 Å². The molecular weight excluding hydrogens is 394 g/mol. The van der Waals surface area contributed by atoms with E-state index < -0.39 is 5.97 Å². The van der Waals surface area contributed by atoms with Gasteiger partial charge in [-0.25, -0.2) is 4.79 Å². The number of carbonyl (C=O) groups is 3. The Kier molecular flexibility index (Phi) is 6.87. The van der Waals surface area contributed by atoms with Crippen LogP contribution in [0.3, 0.4) is 0 Å². The zero-order valence-corrected chi connectivity index (χ0v) is 17.2. The van der Waals surface area contributed by atoms with Gasteiger partial charge in [-0.1, -0.05) is 12.1 Å². The zero-order valence-electron chi connectivity index (χ0n) is 16.4. The SMILES string of the molecule is CCOC(=O)c1c(NC(=O)COc2ccc(CC(=O)OC)cc2)sc2c1CCC2. The highest BCUT2D eigenvalue weighted by molar-refractivity contribution is 7.17. The van der Waals surface area contributed by atoms with Crippen LogP contribution in [0.25, 0.3) is 0 Å². The molecule has 3 rings (SSSR count). The van der Waals surface area contributed by atoms with Crippen LogP contribution in [0, 0.1) is 0 Å². The maximum atomic E-state index is 12.4. The molecule has 1 aromatic carbocycles. The fourth-order valence-electron chi connectivity index (χ4n) is 3.17. The minimum absolute atomic E-state index is 0.178. The maximum Gasteiger partial charge on any atom is 0.341 e. The lowest BCUT2D eigenvalue weighted by Gasteiger charge is -2.09. The molecule has 29 heavy (non-hydrogen) atoms. The van der Waals surface area contributed by atoms with E-state index in [2.05, 4.69) is 10.1 Å². The summed E-state index contributed by atoms with van der Waals surface area (Å²) < 4.78 is 15.3. The first-order valence-corrected chi connectivity index (χ1v) is 10.2. The van der Waals surface area contributed by atoms with E-state index in [1.54, 1.807) is 31.2 Å². The lowest BCUT2D eigenvalue weighted by Crippen LogP contribution is -2.21. The number of rotatable bonds is 8.